The fraction of sp³-hybridized carbons (Fsp3) is 0.316. The van der Waals surface area contributed by atoms with Crippen LogP contribution in [0.25, 0.3) is 0 Å². The Morgan fingerprint density at radius 2 is 2.07 bits per heavy atom. The summed E-state index contributed by atoms with van der Waals surface area (Å²) in [5, 5.41) is 10.7. The largest absolute Gasteiger partial charge is 0.471 e. The van der Waals surface area contributed by atoms with Crippen LogP contribution in [0.15, 0.2) is 47.2 Å². The van der Waals surface area contributed by atoms with Crippen LogP contribution in [0, 0.1) is 0 Å². The first kappa shape index (κ1) is 19.6. The van der Waals surface area contributed by atoms with Crippen LogP contribution in [0.4, 0.5) is 14.5 Å². The van der Waals surface area contributed by atoms with Gasteiger partial charge in [0.2, 0.25) is 5.91 Å². The zero-order valence-electron chi connectivity index (χ0n) is 15.3. The maximum Gasteiger partial charge on any atom is 0.282 e. The number of carbonyl (C=O) groups excluding carboxylic acids is 1. The summed E-state index contributed by atoms with van der Waals surface area (Å²) >= 11 is 3.36. The summed E-state index contributed by atoms with van der Waals surface area (Å²) in [6.07, 6.45) is 2.34. The van der Waals surface area contributed by atoms with Crippen LogP contribution < -0.4 is 10.1 Å². The monoisotopic (exact) mass is 465 g/mol. The fourth-order valence-corrected chi connectivity index (χ4v) is 3.16. The van der Waals surface area contributed by atoms with Crippen molar-refractivity contribution in [2.45, 2.75) is 38.5 Å². The fourth-order valence-electron chi connectivity index (χ4n) is 2.90. The minimum absolute atomic E-state index is 0.126. The van der Waals surface area contributed by atoms with Gasteiger partial charge in [-0.05, 0) is 43.2 Å². The van der Waals surface area contributed by atoms with Crippen molar-refractivity contribution in [1.29, 1.82) is 0 Å². The van der Waals surface area contributed by atoms with Gasteiger partial charge in [-0.3, -0.25) is 9.48 Å². The summed E-state index contributed by atoms with van der Waals surface area (Å²) in [5.74, 6) is 0.543. The Hall–Kier alpha value is -2.75. The third kappa shape index (κ3) is 5.00. The highest BCUT2D eigenvalue weighted by atomic mass is 79.9. The van der Waals surface area contributed by atoms with Gasteiger partial charge < -0.3 is 10.1 Å². The van der Waals surface area contributed by atoms with Crippen LogP contribution in [0.5, 0.6) is 5.75 Å². The van der Waals surface area contributed by atoms with Gasteiger partial charge in [0.25, 0.3) is 6.43 Å². The molecule has 1 N–H and O–H groups in total. The molecule has 1 aromatic carbocycles. The zero-order chi connectivity index (χ0) is 20.4. The van der Waals surface area contributed by atoms with Crippen LogP contribution in [0.3, 0.4) is 0 Å². The summed E-state index contributed by atoms with van der Waals surface area (Å²) in [5.41, 5.74) is 0.885. The van der Waals surface area contributed by atoms with Crippen molar-refractivity contribution in [3.8, 4) is 5.75 Å². The first-order chi connectivity index (χ1) is 14.0. The predicted octanol–water partition coefficient (Wildman–Crippen LogP) is 4.33. The minimum Gasteiger partial charge on any atom is -0.471 e. The van der Waals surface area contributed by atoms with Gasteiger partial charge in [0, 0.05) is 16.1 Å². The van der Waals surface area contributed by atoms with E-state index in [9.17, 15) is 13.6 Å². The number of halogens is 3. The Morgan fingerprint density at radius 1 is 1.31 bits per heavy atom. The SMILES string of the molecule is O=C(Cn1nc(C(F)F)cc1C1CC1)Nc1cnn(COc2ccc(Br)cc2)c1. The first-order valence-corrected chi connectivity index (χ1v) is 9.83. The zero-order valence-corrected chi connectivity index (χ0v) is 16.8. The molecule has 0 radical (unpaired) electrons. The van der Waals surface area contributed by atoms with Gasteiger partial charge >= 0.3 is 0 Å². The lowest BCUT2D eigenvalue weighted by molar-refractivity contribution is -0.117. The van der Waals surface area contributed by atoms with E-state index < -0.39 is 6.43 Å². The second kappa shape index (κ2) is 8.32. The number of nitrogens with one attached hydrogen (secondary N) is 1. The van der Waals surface area contributed by atoms with Crippen LogP contribution in [-0.4, -0.2) is 25.5 Å². The molecule has 0 spiro atoms. The molecule has 1 saturated carbocycles. The highest BCUT2D eigenvalue weighted by Crippen LogP contribution is 2.41. The average molecular weight is 466 g/mol. The Morgan fingerprint density at radius 3 is 2.76 bits per heavy atom. The first-order valence-electron chi connectivity index (χ1n) is 9.04. The molecule has 7 nitrogen and oxygen atoms in total. The molecule has 1 fully saturated rings. The Labute approximate surface area is 173 Å². The molecule has 1 amide bonds. The number of anilines is 1. The Kier molecular flexibility index (Phi) is 5.61. The second-order valence-corrected chi connectivity index (χ2v) is 7.69. The molecule has 0 aliphatic heterocycles. The number of benzene rings is 1. The highest BCUT2D eigenvalue weighted by molar-refractivity contribution is 9.10. The number of alkyl halides is 2. The summed E-state index contributed by atoms with van der Waals surface area (Å²) < 4.78 is 35.4. The minimum atomic E-state index is -2.65. The molecule has 2 aromatic heterocycles. The molecule has 0 bridgehead atoms. The molecule has 2 heterocycles. The van der Waals surface area contributed by atoms with E-state index in [4.69, 9.17) is 4.74 Å². The quantitative estimate of drug-likeness (QED) is 0.537. The molecule has 1 aliphatic rings. The van der Waals surface area contributed by atoms with E-state index in [1.807, 2.05) is 24.3 Å². The molecule has 0 atom stereocenters. The van der Waals surface area contributed by atoms with Crippen molar-refractivity contribution in [1.82, 2.24) is 19.6 Å². The predicted molar refractivity (Wildman–Crippen MR) is 105 cm³/mol. The number of aromatic nitrogens is 4. The van der Waals surface area contributed by atoms with Gasteiger partial charge in [0.15, 0.2) is 6.73 Å². The Balaban J connectivity index is 1.34. The molecule has 0 unspecified atom stereocenters. The van der Waals surface area contributed by atoms with Gasteiger partial charge in [-0.2, -0.15) is 10.2 Å². The number of amides is 1. The van der Waals surface area contributed by atoms with Crippen molar-refractivity contribution in [2.75, 3.05) is 5.32 Å². The molecule has 10 heteroatoms. The van der Waals surface area contributed by atoms with Crippen LogP contribution in [-0.2, 0) is 18.1 Å². The molecule has 3 aromatic rings. The second-order valence-electron chi connectivity index (χ2n) is 6.77. The molecular formula is C19H18BrF2N5O2. The van der Waals surface area contributed by atoms with Gasteiger partial charge in [-0.15, -0.1) is 0 Å². The lowest BCUT2D eigenvalue weighted by Gasteiger charge is -2.07. The van der Waals surface area contributed by atoms with E-state index >= 15 is 0 Å². The van der Waals surface area contributed by atoms with Crippen molar-refractivity contribution in [2.24, 2.45) is 0 Å². The lowest BCUT2D eigenvalue weighted by atomic mass is 10.2. The van der Waals surface area contributed by atoms with Crippen LogP contribution in [0.1, 0.15) is 36.6 Å². The van der Waals surface area contributed by atoms with E-state index in [-0.39, 0.29) is 30.8 Å². The normalized spacial score (nSPS) is 13.7. The highest BCUT2D eigenvalue weighted by Gasteiger charge is 2.30. The maximum absolute atomic E-state index is 12.9. The lowest BCUT2D eigenvalue weighted by Crippen LogP contribution is -2.20. The topological polar surface area (TPSA) is 74.0 Å². The van der Waals surface area contributed by atoms with Gasteiger partial charge in [0.1, 0.15) is 18.0 Å². The molecule has 0 saturated heterocycles. The number of hydrogen-bond donors (Lipinski definition) is 1. The van der Waals surface area contributed by atoms with Gasteiger partial charge in [0.05, 0.1) is 18.1 Å². The smallest absolute Gasteiger partial charge is 0.282 e. The Bertz CT molecular complexity index is 998. The van der Waals surface area contributed by atoms with E-state index in [2.05, 4.69) is 31.4 Å². The van der Waals surface area contributed by atoms with Gasteiger partial charge in [-0.25, -0.2) is 13.5 Å². The van der Waals surface area contributed by atoms with Gasteiger partial charge in [-0.1, -0.05) is 15.9 Å². The van der Waals surface area contributed by atoms with Crippen molar-refractivity contribution < 1.29 is 18.3 Å². The summed E-state index contributed by atoms with van der Waals surface area (Å²) in [6.45, 7) is 0.0549. The van der Waals surface area contributed by atoms with E-state index in [1.165, 1.54) is 21.6 Å². The van der Waals surface area contributed by atoms with E-state index in [1.54, 1.807) is 6.20 Å². The molecule has 152 valence electrons. The summed E-state index contributed by atoms with van der Waals surface area (Å²) in [7, 11) is 0. The summed E-state index contributed by atoms with van der Waals surface area (Å²) in [6, 6.07) is 8.79. The van der Waals surface area contributed by atoms with Crippen LogP contribution >= 0.6 is 15.9 Å². The molecule has 29 heavy (non-hydrogen) atoms. The van der Waals surface area contributed by atoms with Crippen molar-refractivity contribution in [3.05, 3.63) is 58.6 Å². The van der Waals surface area contributed by atoms with Crippen molar-refractivity contribution in [3.63, 3.8) is 0 Å². The third-order valence-corrected chi connectivity index (χ3v) is 4.97. The number of nitrogens with zero attached hydrogens (tertiary/aromatic N) is 4. The standard InChI is InChI=1S/C19H18BrF2N5O2/c20-13-3-5-15(6-4-13)29-11-26-9-14(8-23-26)24-18(28)10-27-17(12-1-2-12)7-16(25-27)19(21)22/h3-9,12,19H,1-2,10-11H2,(H,24,28). The van der Waals surface area contributed by atoms with Crippen LogP contribution in [0.2, 0.25) is 0 Å². The number of ether oxygens (including phenoxy) is 1. The summed E-state index contributed by atoms with van der Waals surface area (Å²) in [4.78, 5) is 12.3. The molecular weight excluding hydrogens is 448 g/mol. The van der Waals surface area contributed by atoms with Crippen molar-refractivity contribution >= 4 is 27.5 Å². The third-order valence-electron chi connectivity index (χ3n) is 4.44. The number of carbonyl (C=O) groups is 1. The molecule has 4 rings (SSSR count). The van der Waals surface area contributed by atoms with E-state index in [0.717, 1.165) is 17.3 Å². The average Bonchev–Trinajstić information content (AvgIpc) is 3.29. The number of rotatable bonds is 8. The molecule has 1 aliphatic carbocycles. The van der Waals surface area contributed by atoms with E-state index in [0.29, 0.717) is 17.1 Å². The maximum atomic E-state index is 12.9. The number of hydrogen-bond acceptors (Lipinski definition) is 4.